The normalized spacial score (nSPS) is 10.4. The minimum atomic E-state index is 0.177. The van der Waals surface area contributed by atoms with Gasteiger partial charge in [-0.15, -0.1) is 0 Å². The van der Waals surface area contributed by atoms with E-state index in [1.54, 1.807) is 11.8 Å². The molecule has 3 N–H and O–H groups in total. The highest BCUT2D eigenvalue weighted by molar-refractivity contribution is 7.99. The van der Waals surface area contributed by atoms with Crippen LogP contribution in [-0.4, -0.2) is 51.3 Å². The van der Waals surface area contributed by atoms with Gasteiger partial charge in [-0.25, -0.2) is 0 Å². The van der Waals surface area contributed by atoms with Crippen molar-refractivity contribution in [3.8, 4) is 0 Å². The largest absolute Gasteiger partial charge is 0.396 e. The van der Waals surface area contributed by atoms with E-state index in [0.29, 0.717) is 11.9 Å². The Morgan fingerprint density at radius 3 is 2.56 bits per heavy atom. The zero-order valence-corrected chi connectivity index (χ0v) is 11.9. The smallest absolute Gasteiger partial charge is 0.228 e. The number of rotatable bonds is 9. The van der Waals surface area contributed by atoms with E-state index in [1.807, 2.05) is 6.92 Å². The molecule has 1 aromatic heterocycles. The maximum absolute atomic E-state index is 8.63. The Morgan fingerprint density at radius 1 is 1.17 bits per heavy atom. The van der Waals surface area contributed by atoms with E-state index in [4.69, 9.17) is 16.7 Å². The molecule has 0 bridgehead atoms. The van der Waals surface area contributed by atoms with Crippen molar-refractivity contribution < 1.29 is 5.11 Å². The summed E-state index contributed by atoms with van der Waals surface area (Å²) in [5.41, 5.74) is 0. The van der Waals surface area contributed by atoms with E-state index >= 15 is 0 Å². The molecule has 0 aliphatic rings. The summed E-state index contributed by atoms with van der Waals surface area (Å²) < 4.78 is 0. The molecule has 0 aliphatic heterocycles. The summed E-state index contributed by atoms with van der Waals surface area (Å²) in [4.78, 5) is 12.1. The molecule has 102 valence electrons. The molecule has 6 nitrogen and oxygen atoms in total. The molecule has 0 saturated heterocycles. The van der Waals surface area contributed by atoms with E-state index in [1.165, 1.54) is 0 Å². The van der Waals surface area contributed by atoms with Crippen molar-refractivity contribution in [2.45, 2.75) is 13.3 Å². The van der Waals surface area contributed by atoms with Crippen LogP contribution in [0.15, 0.2) is 0 Å². The Morgan fingerprint density at radius 2 is 1.89 bits per heavy atom. The van der Waals surface area contributed by atoms with Crippen molar-refractivity contribution in [1.82, 2.24) is 15.0 Å². The third kappa shape index (κ3) is 6.23. The first-order valence-electron chi connectivity index (χ1n) is 5.84. The highest BCUT2D eigenvalue weighted by Crippen LogP contribution is 2.09. The van der Waals surface area contributed by atoms with Gasteiger partial charge < -0.3 is 15.7 Å². The molecule has 0 fully saturated rings. The standard InChI is InChI=1S/C10H18ClN5OS/c1-2-12-9-14-8(11)15-10(16-9)13-4-7-18-6-3-5-17/h17H,2-7H2,1H3,(H2,12,13,14,15,16). The van der Waals surface area contributed by atoms with Crippen LogP contribution in [-0.2, 0) is 0 Å². The molecule has 0 amide bonds. The molecule has 1 aromatic rings. The first-order chi connectivity index (χ1) is 8.76. The van der Waals surface area contributed by atoms with Gasteiger partial charge in [0.05, 0.1) is 0 Å². The number of hydrogen-bond donors (Lipinski definition) is 3. The predicted octanol–water partition coefficient (Wildman–Crippen LogP) is 1.48. The van der Waals surface area contributed by atoms with Gasteiger partial charge >= 0.3 is 0 Å². The van der Waals surface area contributed by atoms with Crippen LogP contribution in [0.25, 0.3) is 0 Å². The summed E-state index contributed by atoms with van der Waals surface area (Å²) in [7, 11) is 0. The lowest BCUT2D eigenvalue weighted by atomic mass is 10.5. The third-order valence-corrected chi connectivity index (χ3v) is 3.16. The van der Waals surface area contributed by atoms with Gasteiger partial charge in [0.2, 0.25) is 17.2 Å². The molecule has 18 heavy (non-hydrogen) atoms. The van der Waals surface area contributed by atoms with Crippen molar-refractivity contribution in [2.24, 2.45) is 0 Å². The summed E-state index contributed by atoms with van der Waals surface area (Å²) in [6, 6.07) is 0. The highest BCUT2D eigenvalue weighted by atomic mass is 35.5. The van der Waals surface area contributed by atoms with Crippen LogP contribution in [0.1, 0.15) is 13.3 Å². The molecule has 0 unspecified atom stereocenters. The van der Waals surface area contributed by atoms with Crippen LogP contribution in [0.5, 0.6) is 0 Å². The number of thioether (sulfide) groups is 1. The van der Waals surface area contributed by atoms with Crippen LogP contribution in [0, 0.1) is 0 Å². The fourth-order valence-electron chi connectivity index (χ4n) is 1.17. The summed E-state index contributed by atoms with van der Waals surface area (Å²) >= 11 is 7.57. The monoisotopic (exact) mass is 291 g/mol. The molecule has 0 aromatic carbocycles. The van der Waals surface area contributed by atoms with Crippen molar-refractivity contribution in [2.75, 3.05) is 41.8 Å². The Kier molecular flexibility index (Phi) is 7.79. The van der Waals surface area contributed by atoms with Crippen LogP contribution < -0.4 is 10.6 Å². The highest BCUT2D eigenvalue weighted by Gasteiger charge is 2.03. The Hall–Kier alpha value is -0.790. The lowest BCUT2D eigenvalue weighted by Gasteiger charge is -2.07. The van der Waals surface area contributed by atoms with Crippen LogP contribution in [0.4, 0.5) is 11.9 Å². The molecule has 0 spiro atoms. The van der Waals surface area contributed by atoms with E-state index in [0.717, 1.165) is 31.0 Å². The second-order valence-corrected chi connectivity index (χ2v) is 4.96. The van der Waals surface area contributed by atoms with Gasteiger partial charge in [-0.3, -0.25) is 0 Å². The lowest BCUT2D eigenvalue weighted by Crippen LogP contribution is -2.11. The molecule has 0 radical (unpaired) electrons. The number of halogens is 1. The number of aliphatic hydroxyl groups excluding tert-OH is 1. The Labute approximate surface area is 116 Å². The molecular formula is C10H18ClN5OS. The number of nitrogens with one attached hydrogen (secondary N) is 2. The van der Waals surface area contributed by atoms with E-state index in [9.17, 15) is 0 Å². The van der Waals surface area contributed by atoms with Gasteiger partial charge in [0, 0.05) is 25.4 Å². The first kappa shape index (κ1) is 15.3. The minimum Gasteiger partial charge on any atom is -0.396 e. The van der Waals surface area contributed by atoms with Crippen molar-refractivity contribution >= 4 is 35.3 Å². The maximum Gasteiger partial charge on any atom is 0.228 e. The molecule has 1 heterocycles. The van der Waals surface area contributed by atoms with E-state index in [-0.39, 0.29) is 11.9 Å². The van der Waals surface area contributed by atoms with Crippen LogP contribution >= 0.6 is 23.4 Å². The number of nitrogens with zero attached hydrogens (tertiary/aromatic N) is 3. The Balaban J connectivity index is 2.32. The fourth-order valence-corrected chi connectivity index (χ4v) is 2.11. The average molecular weight is 292 g/mol. The van der Waals surface area contributed by atoms with Gasteiger partial charge in [-0.2, -0.15) is 26.7 Å². The zero-order chi connectivity index (χ0) is 13.2. The number of hydrogen-bond acceptors (Lipinski definition) is 7. The van der Waals surface area contributed by atoms with Gasteiger partial charge in [0.1, 0.15) is 0 Å². The zero-order valence-electron chi connectivity index (χ0n) is 10.3. The van der Waals surface area contributed by atoms with Gasteiger partial charge in [0.15, 0.2) is 0 Å². The third-order valence-electron chi connectivity index (χ3n) is 1.92. The first-order valence-corrected chi connectivity index (χ1v) is 7.37. The predicted molar refractivity (Wildman–Crippen MR) is 76.5 cm³/mol. The maximum atomic E-state index is 8.63. The molecule has 1 rings (SSSR count). The van der Waals surface area contributed by atoms with Crippen molar-refractivity contribution in [3.63, 3.8) is 0 Å². The topological polar surface area (TPSA) is 83.0 Å². The quantitative estimate of drug-likeness (QED) is 0.594. The molecule has 0 saturated carbocycles. The molecule has 0 atom stereocenters. The lowest BCUT2D eigenvalue weighted by molar-refractivity contribution is 0.296. The molecule has 0 aliphatic carbocycles. The molecular weight excluding hydrogens is 274 g/mol. The summed E-state index contributed by atoms with van der Waals surface area (Å²) in [6.45, 7) is 3.69. The van der Waals surface area contributed by atoms with E-state index < -0.39 is 0 Å². The van der Waals surface area contributed by atoms with E-state index in [2.05, 4.69) is 25.6 Å². The van der Waals surface area contributed by atoms with Gasteiger partial charge in [0.25, 0.3) is 0 Å². The van der Waals surface area contributed by atoms with Crippen LogP contribution in [0.2, 0.25) is 5.28 Å². The fraction of sp³-hybridized carbons (Fsp3) is 0.700. The molecule has 8 heteroatoms. The summed E-state index contributed by atoms with van der Waals surface area (Å²) in [5.74, 6) is 2.85. The minimum absolute atomic E-state index is 0.177. The Bertz CT molecular complexity index is 355. The second-order valence-electron chi connectivity index (χ2n) is 3.40. The van der Waals surface area contributed by atoms with Gasteiger partial charge in [-0.1, -0.05) is 0 Å². The van der Waals surface area contributed by atoms with Crippen molar-refractivity contribution in [1.29, 1.82) is 0 Å². The van der Waals surface area contributed by atoms with Crippen molar-refractivity contribution in [3.05, 3.63) is 5.28 Å². The SMILES string of the molecule is CCNc1nc(Cl)nc(NCCSCCCO)n1. The summed E-state index contributed by atoms with van der Waals surface area (Å²) in [6.07, 6.45) is 0.826. The summed E-state index contributed by atoms with van der Waals surface area (Å²) in [5, 5.41) is 14.9. The van der Waals surface area contributed by atoms with Gasteiger partial charge in [-0.05, 0) is 30.7 Å². The number of aromatic nitrogens is 3. The van der Waals surface area contributed by atoms with Crippen LogP contribution in [0.3, 0.4) is 0 Å². The number of aliphatic hydroxyl groups is 1. The second kappa shape index (κ2) is 9.18. The number of anilines is 2. The average Bonchev–Trinajstić information content (AvgIpc) is 2.33.